The number of fused-ring (bicyclic) bond motifs is 1. The summed E-state index contributed by atoms with van der Waals surface area (Å²) in [6.07, 6.45) is 0. The summed E-state index contributed by atoms with van der Waals surface area (Å²) in [5.41, 5.74) is 11.2. The van der Waals surface area contributed by atoms with Crippen molar-refractivity contribution in [2.24, 2.45) is 11.7 Å². The van der Waals surface area contributed by atoms with Crippen LogP contribution >= 0.6 is 0 Å². The Morgan fingerprint density at radius 3 is 2.53 bits per heavy atom. The molecule has 2 rings (SSSR count). The monoisotopic (exact) mass is 230 g/mol. The minimum Gasteiger partial charge on any atom is -0.358 e. The van der Waals surface area contributed by atoms with Gasteiger partial charge in [-0.1, -0.05) is 32.0 Å². The SMILES string of the molecule is Cc1[nH]c2c(C)cccc2c1C(CN)C(C)C. The quantitative estimate of drug-likeness (QED) is 0.832. The highest BCUT2D eigenvalue weighted by Gasteiger charge is 2.20. The summed E-state index contributed by atoms with van der Waals surface area (Å²) >= 11 is 0. The van der Waals surface area contributed by atoms with Gasteiger partial charge in [0.2, 0.25) is 0 Å². The zero-order valence-electron chi connectivity index (χ0n) is 11.2. The lowest BCUT2D eigenvalue weighted by Gasteiger charge is -2.19. The van der Waals surface area contributed by atoms with Crippen LogP contribution in [0.3, 0.4) is 0 Å². The lowest BCUT2D eigenvalue weighted by atomic mass is 9.86. The highest BCUT2D eigenvalue weighted by Crippen LogP contribution is 2.33. The molecule has 0 bridgehead atoms. The van der Waals surface area contributed by atoms with E-state index in [0.717, 1.165) is 0 Å². The minimum absolute atomic E-state index is 0.436. The molecule has 2 heteroatoms. The molecule has 1 unspecified atom stereocenters. The Hall–Kier alpha value is -1.28. The summed E-state index contributed by atoms with van der Waals surface area (Å²) in [4.78, 5) is 3.51. The van der Waals surface area contributed by atoms with Crippen molar-refractivity contribution >= 4 is 10.9 Å². The van der Waals surface area contributed by atoms with E-state index in [9.17, 15) is 0 Å². The zero-order valence-corrected chi connectivity index (χ0v) is 11.2. The molecular weight excluding hydrogens is 208 g/mol. The number of aryl methyl sites for hydroxylation is 2. The second-order valence-electron chi connectivity index (χ2n) is 5.25. The van der Waals surface area contributed by atoms with Crippen molar-refractivity contribution in [1.29, 1.82) is 0 Å². The lowest BCUT2D eigenvalue weighted by Crippen LogP contribution is -2.18. The Kier molecular flexibility index (Phi) is 3.25. The van der Waals surface area contributed by atoms with E-state index in [1.165, 1.54) is 27.7 Å². The zero-order chi connectivity index (χ0) is 12.6. The van der Waals surface area contributed by atoms with Crippen LogP contribution in [0.4, 0.5) is 0 Å². The van der Waals surface area contributed by atoms with E-state index in [-0.39, 0.29) is 0 Å². The lowest BCUT2D eigenvalue weighted by molar-refractivity contribution is 0.507. The molecule has 1 aromatic carbocycles. The molecule has 92 valence electrons. The van der Waals surface area contributed by atoms with E-state index in [1.54, 1.807) is 0 Å². The van der Waals surface area contributed by atoms with E-state index in [2.05, 4.69) is 50.9 Å². The standard InChI is InChI=1S/C15H22N2/c1-9(2)13(8-16)14-11(4)17-15-10(3)6-5-7-12(14)15/h5-7,9,13,17H,8,16H2,1-4H3. The number of nitrogens with two attached hydrogens (primary N) is 1. The molecule has 0 saturated heterocycles. The van der Waals surface area contributed by atoms with Crippen molar-refractivity contribution in [3.8, 4) is 0 Å². The average molecular weight is 230 g/mol. The van der Waals surface area contributed by atoms with Gasteiger partial charge in [-0.15, -0.1) is 0 Å². The topological polar surface area (TPSA) is 41.8 Å². The molecule has 0 aliphatic heterocycles. The van der Waals surface area contributed by atoms with E-state index < -0.39 is 0 Å². The minimum atomic E-state index is 0.436. The molecule has 1 atom stereocenters. The summed E-state index contributed by atoms with van der Waals surface area (Å²) in [5, 5.41) is 1.34. The molecule has 1 heterocycles. The Labute approximate surface area is 103 Å². The molecule has 2 aromatic rings. The predicted molar refractivity (Wildman–Crippen MR) is 74.4 cm³/mol. The normalized spacial score (nSPS) is 13.5. The highest BCUT2D eigenvalue weighted by atomic mass is 14.7. The highest BCUT2D eigenvalue weighted by molar-refractivity contribution is 5.87. The van der Waals surface area contributed by atoms with Crippen LogP contribution in [-0.2, 0) is 0 Å². The largest absolute Gasteiger partial charge is 0.358 e. The second kappa shape index (κ2) is 4.53. The number of benzene rings is 1. The molecule has 0 saturated carbocycles. The Bertz CT molecular complexity index is 523. The Morgan fingerprint density at radius 2 is 1.94 bits per heavy atom. The maximum atomic E-state index is 5.95. The van der Waals surface area contributed by atoms with Gasteiger partial charge in [-0.25, -0.2) is 0 Å². The van der Waals surface area contributed by atoms with Crippen LogP contribution in [0.2, 0.25) is 0 Å². The van der Waals surface area contributed by atoms with Gasteiger partial charge in [0, 0.05) is 22.5 Å². The van der Waals surface area contributed by atoms with E-state index in [0.29, 0.717) is 18.4 Å². The van der Waals surface area contributed by atoms with Gasteiger partial charge in [-0.05, 0) is 37.4 Å². The number of para-hydroxylation sites is 1. The van der Waals surface area contributed by atoms with Gasteiger partial charge in [0.25, 0.3) is 0 Å². The third-order valence-electron chi connectivity index (χ3n) is 3.71. The fourth-order valence-corrected chi connectivity index (χ4v) is 2.72. The Morgan fingerprint density at radius 1 is 1.24 bits per heavy atom. The molecule has 2 nitrogen and oxygen atoms in total. The number of aromatic amines is 1. The molecule has 0 spiro atoms. The van der Waals surface area contributed by atoms with Gasteiger partial charge >= 0.3 is 0 Å². The first-order chi connectivity index (χ1) is 8.06. The predicted octanol–water partition coefficient (Wildman–Crippen LogP) is 3.48. The van der Waals surface area contributed by atoms with Gasteiger partial charge in [-0.3, -0.25) is 0 Å². The van der Waals surface area contributed by atoms with Gasteiger partial charge in [0.1, 0.15) is 0 Å². The van der Waals surface area contributed by atoms with Crippen LogP contribution in [-0.4, -0.2) is 11.5 Å². The molecule has 0 amide bonds. The van der Waals surface area contributed by atoms with Gasteiger partial charge in [-0.2, -0.15) is 0 Å². The van der Waals surface area contributed by atoms with Crippen molar-refractivity contribution in [2.45, 2.75) is 33.6 Å². The summed E-state index contributed by atoms with van der Waals surface area (Å²) in [7, 11) is 0. The summed E-state index contributed by atoms with van der Waals surface area (Å²) < 4.78 is 0. The molecule has 17 heavy (non-hydrogen) atoms. The number of aromatic nitrogens is 1. The molecule has 0 fully saturated rings. The summed E-state index contributed by atoms with van der Waals surface area (Å²) in [6, 6.07) is 6.48. The number of hydrogen-bond acceptors (Lipinski definition) is 1. The van der Waals surface area contributed by atoms with Crippen molar-refractivity contribution in [2.75, 3.05) is 6.54 Å². The third-order valence-corrected chi connectivity index (χ3v) is 3.71. The third kappa shape index (κ3) is 1.98. The van der Waals surface area contributed by atoms with Crippen LogP contribution in [0.15, 0.2) is 18.2 Å². The maximum Gasteiger partial charge on any atom is 0.0488 e. The number of H-pyrrole nitrogens is 1. The van der Waals surface area contributed by atoms with Gasteiger partial charge in [0.05, 0.1) is 0 Å². The second-order valence-corrected chi connectivity index (χ2v) is 5.25. The molecule has 0 aliphatic rings. The maximum absolute atomic E-state index is 5.95. The van der Waals surface area contributed by atoms with Crippen LogP contribution in [0.5, 0.6) is 0 Å². The number of nitrogens with one attached hydrogen (secondary N) is 1. The smallest absolute Gasteiger partial charge is 0.0488 e. The van der Waals surface area contributed by atoms with Crippen LogP contribution < -0.4 is 5.73 Å². The van der Waals surface area contributed by atoms with Gasteiger partial charge in [0.15, 0.2) is 0 Å². The van der Waals surface area contributed by atoms with Crippen molar-refractivity contribution in [3.05, 3.63) is 35.0 Å². The fraction of sp³-hybridized carbons (Fsp3) is 0.467. The summed E-state index contributed by atoms with van der Waals surface area (Å²) in [5.74, 6) is 1.00. The molecule has 3 N–H and O–H groups in total. The fourth-order valence-electron chi connectivity index (χ4n) is 2.72. The Balaban J connectivity index is 2.68. The number of rotatable bonds is 3. The van der Waals surface area contributed by atoms with Crippen molar-refractivity contribution in [3.63, 3.8) is 0 Å². The average Bonchev–Trinajstić information content (AvgIpc) is 2.59. The van der Waals surface area contributed by atoms with E-state index >= 15 is 0 Å². The molecule has 1 aromatic heterocycles. The first-order valence-corrected chi connectivity index (χ1v) is 6.34. The first kappa shape index (κ1) is 12.2. The summed E-state index contributed by atoms with van der Waals surface area (Å²) in [6.45, 7) is 9.49. The molecule has 0 radical (unpaired) electrons. The number of hydrogen-bond donors (Lipinski definition) is 2. The van der Waals surface area contributed by atoms with Crippen molar-refractivity contribution < 1.29 is 0 Å². The first-order valence-electron chi connectivity index (χ1n) is 6.34. The van der Waals surface area contributed by atoms with Crippen molar-refractivity contribution in [1.82, 2.24) is 4.98 Å². The molecule has 0 aliphatic carbocycles. The molecular formula is C15H22N2. The van der Waals surface area contributed by atoms with Crippen LogP contribution in [0.25, 0.3) is 10.9 Å². The van der Waals surface area contributed by atoms with Gasteiger partial charge < -0.3 is 10.7 Å². The van der Waals surface area contributed by atoms with Crippen LogP contribution in [0.1, 0.15) is 36.6 Å². The van der Waals surface area contributed by atoms with Crippen LogP contribution in [0, 0.1) is 19.8 Å². The van der Waals surface area contributed by atoms with E-state index in [1.807, 2.05) is 0 Å². The van der Waals surface area contributed by atoms with E-state index in [4.69, 9.17) is 5.73 Å².